The number of benzene rings is 3. The van der Waals surface area contributed by atoms with Crippen LogP contribution in [0, 0.1) is 6.92 Å². The third-order valence-corrected chi connectivity index (χ3v) is 4.84. The molecule has 0 aliphatic rings. The molecule has 3 aromatic carbocycles. The lowest BCUT2D eigenvalue weighted by Gasteiger charge is -2.11. The van der Waals surface area contributed by atoms with E-state index >= 15 is 0 Å². The minimum Gasteiger partial charge on any atom is -0.478 e. The fraction of sp³-hybridized carbons (Fsp3) is 0.0417. The minimum atomic E-state index is -1.39. The van der Waals surface area contributed by atoms with Gasteiger partial charge in [-0.1, -0.05) is 29.8 Å². The molecule has 2 amide bonds. The number of carboxylic acids is 2. The fourth-order valence-corrected chi connectivity index (χ4v) is 3.14. The number of rotatable bonds is 7. The van der Waals surface area contributed by atoms with Crippen LogP contribution >= 0.6 is 0 Å². The molecule has 9 heteroatoms. The summed E-state index contributed by atoms with van der Waals surface area (Å²) in [5.41, 5.74) is 5.28. The maximum Gasteiger partial charge on any atom is 0.336 e. The smallest absolute Gasteiger partial charge is 0.336 e. The first-order chi connectivity index (χ1) is 15.6. The highest BCUT2D eigenvalue weighted by Gasteiger charge is 2.22. The Kier molecular flexibility index (Phi) is 6.34. The van der Waals surface area contributed by atoms with E-state index in [9.17, 15) is 34.2 Å². The molecule has 0 fully saturated rings. The molecule has 0 aliphatic heterocycles. The molecule has 9 nitrogen and oxygen atoms in total. The normalized spacial score (nSPS) is 10.3. The van der Waals surface area contributed by atoms with Crippen LogP contribution in [0.2, 0.25) is 0 Å². The van der Waals surface area contributed by atoms with E-state index in [2.05, 4.69) is 5.32 Å². The van der Waals surface area contributed by atoms with E-state index in [-0.39, 0.29) is 33.4 Å². The van der Waals surface area contributed by atoms with E-state index in [1.54, 1.807) is 24.3 Å². The van der Waals surface area contributed by atoms with Crippen LogP contribution in [-0.2, 0) is 0 Å². The Morgan fingerprint density at radius 3 is 1.67 bits per heavy atom. The van der Waals surface area contributed by atoms with Crippen molar-refractivity contribution in [1.29, 1.82) is 0 Å². The molecule has 3 aromatic rings. The Hall–Kier alpha value is -4.79. The summed E-state index contributed by atoms with van der Waals surface area (Å²) in [5, 5.41) is 21.2. The van der Waals surface area contributed by atoms with Gasteiger partial charge in [-0.25, -0.2) is 9.59 Å². The molecule has 0 heterocycles. The molecule has 0 atom stereocenters. The molecule has 33 heavy (non-hydrogen) atoms. The topological polar surface area (TPSA) is 164 Å². The van der Waals surface area contributed by atoms with Crippen LogP contribution in [-0.4, -0.2) is 39.7 Å². The third-order valence-electron chi connectivity index (χ3n) is 4.84. The highest BCUT2D eigenvalue weighted by atomic mass is 16.4. The van der Waals surface area contributed by atoms with Gasteiger partial charge >= 0.3 is 11.9 Å². The average Bonchev–Trinajstić information content (AvgIpc) is 2.79. The van der Waals surface area contributed by atoms with E-state index < -0.39 is 29.5 Å². The van der Waals surface area contributed by atoms with Gasteiger partial charge in [0, 0.05) is 16.8 Å². The number of primary amides is 1. The summed E-state index contributed by atoms with van der Waals surface area (Å²) >= 11 is 0. The van der Waals surface area contributed by atoms with Gasteiger partial charge < -0.3 is 21.3 Å². The van der Waals surface area contributed by atoms with Crippen molar-refractivity contribution >= 4 is 35.2 Å². The second-order valence-corrected chi connectivity index (χ2v) is 7.14. The van der Waals surface area contributed by atoms with Crippen molar-refractivity contribution in [1.82, 2.24) is 0 Å². The first-order valence-corrected chi connectivity index (χ1v) is 9.55. The SMILES string of the molecule is Cc1ccc(NC(=O)c2cc(C(=O)c3ccc(C(=O)O)c(C(N)=O)c3)ccc2C(=O)O)cc1. The molecule has 166 valence electrons. The van der Waals surface area contributed by atoms with Crippen LogP contribution in [0.15, 0.2) is 60.7 Å². The predicted octanol–water partition coefficient (Wildman–Crippen LogP) is 2.97. The van der Waals surface area contributed by atoms with E-state index in [1.165, 1.54) is 12.1 Å². The molecule has 0 unspecified atom stereocenters. The highest BCUT2D eigenvalue weighted by molar-refractivity contribution is 6.15. The molecular weight excluding hydrogens is 428 g/mol. The Morgan fingerprint density at radius 1 is 0.697 bits per heavy atom. The average molecular weight is 446 g/mol. The number of nitrogens with two attached hydrogens (primary N) is 1. The number of ketones is 1. The zero-order chi connectivity index (χ0) is 24.3. The van der Waals surface area contributed by atoms with Gasteiger partial charge in [-0.15, -0.1) is 0 Å². The second kappa shape index (κ2) is 9.15. The van der Waals surface area contributed by atoms with E-state index in [0.717, 1.165) is 29.8 Å². The largest absolute Gasteiger partial charge is 0.478 e. The Morgan fingerprint density at radius 2 is 1.18 bits per heavy atom. The molecule has 0 aromatic heterocycles. The number of amides is 2. The van der Waals surface area contributed by atoms with Crippen molar-refractivity contribution in [3.8, 4) is 0 Å². The van der Waals surface area contributed by atoms with Crippen LogP contribution in [0.3, 0.4) is 0 Å². The lowest BCUT2D eigenvalue weighted by molar-refractivity contribution is 0.0683. The van der Waals surface area contributed by atoms with Crippen LogP contribution in [0.5, 0.6) is 0 Å². The summed E-state index contributed by atoms with van der Waals surface area (Å²) in [6, 6.07) is 13.6. The first-order valence-electron chi connectivity index (χ1n) is 9.55. The van der Waals surface area contributed by atoms with Crippen molar-refractivity contribution in [2.24, 2.45) is 5.73 Å². The van der Waals surface area contributed by atoms with Gasteiger partial charge in [0.2, 0.25) is 5.91 Å². The molecule has 0 bridgehead atoms. The minimum absolute atomic E-state index is 0.0347. The quantitative estimate of drug-likeness (QED) is 0.405. The molecule has 0 spiro atoms. The van der Waals surface area contributed by atoms with Crippen molar-refractivity contribution < 1.29 is 34.2 Å². The van der Waals surface area contributed by atoms with Crippen LogP contribution in [0.1, 0.15) is 62.9 Å². The van der Waals surface area contributed by atoms with Gasteiger partial charge in [-0.05, 0) is 43.3 Å². The van der Waals surface area contributed by atoms with Crippen molar-refractivity contribution in [3.63, 3.8) is 0 Å². The van der Waals surface area contributed by atoms with Crippen molar-refractivity contribution in [3.05, 3.63) is 99.6 Å². The fourth-order valence-electron chi connectivity index (χ4n) is 3.14. The standard InChI is InChI=1S/C24H18N2O7/c1-12-2-6-15(7-3-12)26-22(29)19-11-14(5-9-17(19)24(32)33)20(27)13-4-8-16(23(30)31)18(10-13)21(25)28/h2-11H,1H3,(H2,25,28)(H,26,29)(H,30,31)(H,32,33). The number of hydrogen-bond donors (Lipinski definition) is 4. The lowest BCUT2D eigenvalue weighted by atomic mass is 9.95. The Balaban J connectivity index is 2.01. The van der Waals surface area contributed by atoms with Gasteiger partial charge in [0.25, 0.3) is 5.91 Å². The van der Waals surface area contributed by atoms with Crippen molar-refractivity contribution in [2.45, 2.75) is 6.92 Å². The number of aromatic carboxylic acids is 2. The number of carbonyl (C=O) groups is 5. The predicted molar refractivity (Wildman–Crippen MR) is 118 cm³/mol. The maximum atomic E-state index is 13.0. The van der Waals surface area contributed by atoms with Gasteiger partial charge in [0.1, 0.15) is 0 Å². The number of carboxylic acid groups (broad SMARTS) is 2. The summed E-state index contributed by atoms with van der Waals surface area (Å²) in [5.74, 6) is -5.16. The summed E-state index contributed by atoms with van der Waals surface area (Å²) in [7, 11) is 0. The maximum absolute atomic E-state index is 13.0. The molecule has 5 N–H and O–H groups in total. The molecule has 0 aliphatic carbocycles. The number of anilines is 1. The first kappa shape index (κ1) is 22.9. The zero-order valence-electron chi connectivity index (χ0n) is 17.3. The number of hydrogen-bond acceptors (Lipinski definition) is 5. The number of aryl methyl sites for hydroxylation is 1. The number of nitrogens with one attached hydrogen (secondary N) is 1. The van der Waals surface area contributed by atoms with Crippen molar-refractivity contribution in [2.75, 3.05) is 5.32 Å². The van der Waals surface area contributed by atoms with E-state index in [0.29, 0.717) is 5.69 Å². The Bertz CT molecular complexity index is 1310. The summed E-state index contributed by atoms with van der Waals surface area (Å²) in [6.07, 6.45) is 0. The molecule has 0 saturated carbocycles. The number of carbonyl (C=O) groups excluding carboxylic acids is 3. The van der Waals surface area contributed by atoms with Crippen LogP contribution in [0.25, 0.3) is 0 Å². The molecular formula is C24H18N2O7. The van der Waals surface area contributed by atoms with Gasteiger partial charge in [-0.2, -0.15) is 0 Å². The third kappa shape index (κ3) is 4.93. The summed E-state index contributed by atoms with van der Waals surface area (Å²) in [4.78, 5) is 60.3. The van der Waals surface area contributed by atoms with Crippen LogP contribution in [0.4, 0.5) is 5.69 Å². The highest BCUT2D eigenvalue weighted by Crippen LogP contribution is 2.20. The lowest BCUT2D eigenvalue weighted by Crippen LogP contribution is -2.19. The van der Waals surface area contributed by atoms with E-state index in [1.807, 2.05) is 6.92 Å². The van der Waals surface area contributed by atoms with Gasteiger partial charge in [0.15, 0.2) is 5.78 Å². The monoisotopic (exact) mass is 446 g/mol. The van der Waals surface area contributed by atoms with Gasteiger partial charge in [0.05, 0.1) is 22.3 Å². The van der Waals surface area contributed by atoms with Gasteiger partial charge in [-0.3, -0.25) is 14.4 Å². The second-order valence-electron chi connectivity index (χ2n) is 7.14. The zero-order valence-corrected chi connectivity index (χ0v) is 17.3. The summed E-state index contributed by atoms with van der Waals surface area (Å²) in [6.45, 7) is 1.87. The molecule has 3 rings (SSSR count). The molecule has 0 radical (unpaired) electrons. The van der Waals surface area contributed by atoms with E-state index in [4.69, 9.17) is 5.73 Å². The molecule has 0 saturated heterocycles. The van der Waals surface area contributed by atoms with Crippen LogP contribution < -0.4 is 11.1 Å². The Labute approximate surface area is 187 Å². The summed E-state index contributed by atoms with van der Waals surface area (Å²) < 4.78 is 0.